The van der Waals surface area contributed by atoms with E-state index in [9.17, 15) is 14.0 Å². The summed E-state index contributed by atoms with van der Waals surface area (Å²) < 4.78 is 17.6. The topological polar surface area (TPSA) is 43.4 Å². The number of ketones is 1. The van der Waals surface area contributed by atoms with E-state index in [1.807, 2.05) is 0 Å². The summed E-state index contributed by atoms with van der Waals surface area (Å²) >= 11 is 0. The standard InChI is InChI=1S/C11H11FO3/c1-7-9(4-3-5-10(7)12)11(14)6-15-8(2)13/h3-5H,6H2,1-2H3. The summed E-state index contributed by atoms with van der Waals surface area (Å²) in [4.78, 5) is 22.0. The fourth-order valence-corrected chi connectivity index (χ4v) is 1.15. The van der Waals surface area contributed by atoms with Crippen LogP contribution in [0.5, 0.6) is 0 Å². The highest BCUT2D eigenvalue weighted by Crippen LogP contribution is 2.12. The van der Waals surface area contributed by atoms with E-state index in [1.165, 1.54) is 32.0 Å². The monoisotopic (exact) mass is 210 g/mol. The molecule has 1 aromatic carbocycles. The fraction of sp³-hybridized carbons (Fsp3) is 0.273. The van der Waals surface area contributed by atoms with Crippen molar-refractivity contribution in [3.63, 3.8) is 0 Å². The minimum Gasteiger partial charge on any atom is -0.457 e. The second-order valence-electron chi connectivity index (χ2n) is 3.12. The third-order valence-electron chi connectivity index (χ3n) is 1.97. The summed E-state index contributed by atoms with van der Waals surface area (Å²) in [6.45, 7) is 2.38. The zero-order valence-corrected chi connectivity index (χ0v) is 8.54. The van der Waals surface area contributed by atoms with E-state index < -0.39 is 17.6 Å². The number of benzene rings is 1. The summed E-state index contributed by atoms with van der Waals surface area (Å²) in [5.41, 5.74) is 0.519. The van der Waals surface area contributed by atoms with Crippen molar-refractivity contribution in [1.29, 1.82) is 0 Å². The van der Waals surface area contributed by atoms with Crippen LogP contribution in [0.15, 0.2) is 18.2 Å². The first kappa shape index (κ1) is 11.4. The van der Waals surface area contributed by atoms with Crippen LogP contribution in [0.4, 0.5) is 4.39 Å². The molecule has 0 amide bonds. The van der Waals surface area contributed by atoms with E-state index in [2.05, 4.69) is 4.74 Å². The van der Waals surface area contributed by atoms with Crippen molar-refractivity contribution in [2.24, 2.45) is 0 Å². The number of carbonyl (C=O) groups excluding carboxylic acids is 2. The van der Waals surface area contributed by atoms with Gasteiger partial charge in [0.15, 0.2) is 6.61 Å². The first-order chi connectivity index (χ1) is 7.02. The predicted octanol–water partition coefficient (Wildman–Crippen LogP) is 1.88. The van der Waals surface area contributed by atoms with Gasteiger partial charge in [0, 0.05) is 12.5 Å². The van der Waals surface area contributed by atoms with Crippen molar-refractivity contribution in [2.45, 2.75) is 13.8 Å². The van der Waals surface area contributed by atoms with Crippen LogP contribution >= 0.6 is 0 Å². The predicted molar refractivity (Wildman–Crippen MR) is 52.1 cm³/mol. The lowest BCUT2D eigenvalue weighted by Gasteiger charge is -2.05. The molecule has 1 aromatic rings. The Balaban J connectivity index is 2.82. The van der Waals surface area contributed by atoms with Gasteiger partial charge in [-0.3, -0.25) is 9.59 Å². The second-order valence-corrected chi connectivity index (χ2v) is 3.12. The molecule has 0 fully saturated rings. The SMILES string of the molecule is CC(=O)OCC(=O)c1cccc(F)c1C. The lowest BCUT2D eigenvalue weighted by Crippen LogP contribution is -2.13. The van der Waals surface area contributed by atoms with Gasteiger partial charge in [0.1, 0.15) is 5.82 Å². The third-order valence-corrected chi connectivity index (χ3v) is 1.97. The second kappa shape index (κ2) is 4.68. The Labute approximate surface area is 86.9 Å². The van der Waals surface area contributed by atoms with Gasteiger partial charge >= 0.3 is 5.97 Å². The molecule has 3 nitrogen and oxygen atoms in total. The van der Waals surface area contributed by atoms with Gasteiger partial charge in [-0.1, -0.05) is 12.1 Å². The molecule has 0 saturated heterocycles. The lowest BCUT2D eigenvalue weighted by atomic mass is 10.0. The zero-order chi connectivity index (χ0) is 11.4. The first-order valence-electron chi connectivity index (χ1n) is 4.44. The summed E-state index contributed by atoms with van der Waals surface area (Å²) in [5, 5.41) is 0. The molecule has 0 aromatic heterocycles. The Morgan fingerprint density at radius 3 is 2.67 bits per heavy atom. The molecule has 15 heavy (non-hydrogen) atoms. The molecule has 0 atom stereocenters. The maximum absolute atomic E-state index is 13.1. The average molecular weight is 210 g/mol. The normalized spacial score (nSPS) is 9.80. The largest absolute Gasteiger partial charge is 0.457 e. The van der Waals surface area contributed by atoms with E-state index in [-0.39, 0.29) is 17.7 Å². The molecule has 1 rings (SSSR count). The van der Waals surface area contributed by atoms with Crippen LogP contribution in [-0.4, -0.2) is 18.4 Å². The lowest BCUT2D eigenvalue weighted by molar-refractivity contribution is -0.139. The van der Waals surface area contributed by atoms with E-state index in [1.54, 1.807) is 0 Å². The number of rotatable bonds is 3. The van der Waals surface area contributed by atoms with Gasteiger partial charge < -0.3 is 4.74 Å². The fourth-order valence-electron chi connectivity index (χ4n) is 1.15. The quantitative estimate of drug-likeness (QED) is 0.565. The van der Waals surface area contributed by atoms with Crippen LogP contribution in [-0.2, 0) is 9.53 Å². The smallest absolute Gasteiger partial charge is 0.303 e. The van der Waals surface area contributed by atoms with E-state index in [4.69, 9.17) is 0 Å². The summed E-state index contributed by atoms with van der Waals surface area (Å²) in [7, 11) is 0. The number of esters is 1. The molecule has 0 N–H and O–H groups in total. The van der Waals surface area contributed by atoms with Crippen molar-refractivity contribution in [1.82, 2.24) is 0 Å². The van der Waals surface area contributed by atoms with Crippen LogP contribution in [0.3, 0.4) is 0 Å². The minimum atomic E-state index is -0.530. The van der Waals surface area contributed by atoms with Gasteiger partial charge in [0.25, 0.3) is 0 Å². The molecular weight excluding hydrogens is 199 g/mol. The van der Waals surface area contributed by atoms with Gasteiger partial charge in [-0.25, -0.2) is 4.39 Å². The highest BCUT2D eigenvalue weighted by Gasteiger charge is 2.12. The van der Waals surface area contributed by atoms with Gasteiger partial charge in [-0.2, -0.15) is 0 Å². The summed E-state index contributed by atoms with van der Waals surface area (Å²) in [5.74, 6) is -1.37. The van der Waals surface area contributed by atoms with Crippen LogP contribution in [0.2, 0.25) is 0 Å². The molecule has 0 bridgehead atoms. The molecule has 0 saturated carbocycles. The highest BCUT2D eigenvalue weighted by molar-refractivity contribution is 5.99. The molecule has 0 spiro atoms. The molecule has 0 radical (unpaired) electrons. The first-order valence-corrected chi connectivity index (χ1v) is 4.44. The maximum atomic E-state index is 13.1. The van der Waals surface area contributed by atoms with Crippen molar-refractivity contribution in [3.8, 4) is 0 Å². The van der Waals surface area contributed by atoms with E-state index in [0.717, 1.165) is 0 Å². The Morgan fingerprint density at radius 1 is 1.40 bits per heavy atom. The summed E-state index contributed by atoms with van der Waals surface area (Å²) in [6, 6.07) is 4.23. The number of halogens is 1. The van der Waals surface area contributed by atoms with Gasteiger partial charge in [0.05, 0.1) is 0 Å². The minimum absolute atomic E-state index is 0.247. The number of ether oxygens (including phenoxy) is 1. The van der Waals surface area contributed by atoms with Crippen LogP contribution in [0, 0.1) is 12.7 Å². The summed E-state index contributed by atoms with van der Waals surface area (Å²) in [6.07, 6.45) is 0. The third kappa shape index (κ3) is 2.87. The number of Topliss-reactive ketones (excluding diaryl/α,β-unsaturated/α-hetero) is 1. The Kier molecular flexibility index (Phi) is 3.55. The molecule has 80 valence electrons. The molecule has 0 aliphatic carbocycles. The zero-order valence-electron chi connectivity index (χ0n) is 8.54. The van der Waals surface area contributed by atoms with Gasteiger partial charge in [-0.05, 0) is 18.6 Å². The average Bonchev–Trinajstić information content (AvgIpc) is 2.18. The molecular formula is C11H11FO3. The van der Waals surface area contributed by atoms with Crippen molar-refractivity contribution in [3.05, 3.63) is 35.1 Å². The van der Waals surface area contributed by atoms with E-state index >= 15 is 0 Å². The Morgan fingerprint density at radius 2 is 2.07 bits per heavy atom. The molecule has 0 aliphatic rings. The van der Waals surface area contributed by atoms with Crippen molar-refractivity contribution < 1.29 is 18.7 Å². The number of hydrogen-bond acceptors (Lipinski definition) is 3. The van der Waals surface area contributed by atoms with Gasteiger partial charge in [-0.15, -0.1) is 0 Å². The van der Waals surface area contributed by atoms with Crippen molar-refractivity contribution in [2.75, 3.05) is 6.61 Å². The number of carbonyl (C=O) groups is 2. The van der Waals surface area contributed by atoms with Crippen LogP contribution in [0.25, 0.3) is 0 Å². The van der Waals surface area contributed by atoms with Crippen LogP contribution < -0.4 is 0 Å². The van der Waals surface area contributed by atoms with Crippen molar-refractivity contribution >= 4 is 11.8 Å². The maximum Gasteiger partial charge on any atom is 0.303 e. The molecule has 0 unspecified atom stereocenters. The van der Waals surface area contributed by atoms with Gasteiger partial charge in [0.2, 0.25) is 5.78 Å². The molecule has 4 heteroatoms. The molecule has 0 heterocycles. The number of hydrogen-bond donors (Lipinski definition) is 0. The van der Waals surface area contributed by atoms with Crippen LogP contribution in [0.1, 0.15) is 22.8 Å². The Hall–Kier alpha value is -1.71. The molecule has 0 aliphatic heterocycles. The Bertz CT molecular complexity index is 399. The highest BCUT2D eigenvalue weighted by atomic mass is 19.1. The van der Waals surface area contributed by atoms with E-state index in [0.29, 0.717) is 0 Å².